The number of alkyl halides is 12. The number of rotatable bonds is 8. The Hall–Kier alpha value is -9.96. The number of para-hydroxylation sites is 2. The minimum absolute atomic E-state index is 0.0397. The van der Waals surface area contributed by atoms with Crippen molar-refractivity contribution in [2.45, 2.75) is 24.7 Å². The summed E-state index contributed by atoms with van der Waals surface area (Å²) in [6.07, 6.45) is -20.3. The van der Waals surface area contributed by atoms with Gasteiger partial charge in [-0.1, -0.05) is 133 Å². The summed E-state index contributed by atoms with van der Waals surface area (Å²) in [4.78, 5) is 10.2. The topological polar surface area (TPSA) is 35.6 Å². The predicted molar refractivity (Wildman–Crippen MR) is 303 cm³/mol. The normalized spacial score (nSPS) is 12.5. The fourth-order valence-corrected chi connectivity index (χ4v) is 11.2. The molecule has 84 heavy (non-hydrogen) atoms. The van der Waals surface area contributed by atoms with E-state index in [-0.39, 0.29) is 23.3 Å². The number of benzene rings is 10. The van der Waals surface area contributed by atoms with Gasteiger partial charge in [0.1, 0.15) is 0 Å². The molecule has 0 aliphatic heterocycles. The van der Waals surface area contributed by atoms with Crippen molar-refractivity contribution in [3.63, 3.8) is 0 Å². The SMILES string of the molecule is FC(F)(F)c1ccc(-c2ccc3c(c2)c2ccccc2n3-c2cccc(-c3cc(-c4nc(-c5ccccc5)cc(-c5ccccc5)n4)ccc3-n3c4ccccc4c4cc(-c5ccc(C(F)(F)F)cc5C(F)(F)F)ccc43)c2)c(C(F)(F)F)c1. The molecule has 4 nitrogen and oxygen atoms in total. The van der Waals surface area contributed by atoms with Crippen LogP contribution in [0.5, 0.6) is 0 Å². The first kappa shape index (κ1) is 53.4. The van der Waals surface area contributed by atoms with Gasteiger partial charge in [-0.25, -0.2) is 9.97 Å². The zero-order chi connectivity index (χ0) is 58.5. The van der Waals surface area contributed by atoms with Crippen molar-refractivity contribution in [3.8, 4) is 78.7 Å². The molecule has 0 aliphatic rings. The summed E-state index contributed by atoms with van der Waals surface area (Å²) in [7, 11) is 0. The van der Waals surface area contributed by atoms with Crippen LogP contribution in [-0.2, 0) is 24.7 Å². The van der Waals surface area contributed by atoms with Crippen LogP contribution in [0.3, 0.4) is 0 Å². The molecule has 0 amide bonds. The van der Waals surface area contributed by atoms with Gasteiger partial charge >= 0.3 is 24.7 Å². The quantitative estimate of drug-likeness (QED) is 0.142. The molecular weight excluding hydrogens is 1100 g/mol. The Labute approximate surface area is 469 Å². The van der Waals surface area contributed by atoms with Gasteiger partial charge in [0.05, 0.1) is 61.4 Å². The molecule has 3 aromatic heterocycles. The minimum atomic E-state index is -5.13. The van der Waals surface area contributed by atoms with E-state index in [1.54, 1.807) is 36.4 Å². The first-order valence-electron chi connectivity index (χ1n) is 26.1. The lowest BCUT2D eigenvalue weighted by atomic mass is 9.95. The van der Waals surface area contributed by atoms with Gasteiger partial charge in [-0.15, -0.1) is 0 Å². The number of halogens is 12. The molecular formula is C68H38F12N4. The third-order valence-electron chi connectivity index (χ3n) is 15.0. The Morgan fingerprint density at radius 2 is 0.702 bits per heavy atom. The van der Waals surface area contributed by atoms with Crippen LogP contribution < -0.4 is 0 Å². The number of hydrogen-bond donors (Lipinski definition) is 0. The minimum Gasteiger partial charge on any atom is -0.309 e. The molecule has 0 bridgehead atoms. The van der Waals surface area contributed by atoms with Crippen LogP contribution >= 0.6 is 0 Å². The second kappa shape index (κ2) is 19.9. The van der Waals surface area contributed by atoms with Crippen LogP contribution in [0.4, 0.5) is 52.7 Å². The highest BCUT2D eigenvalue weighted by Gasteiger charge is 2.40. The van der Waals surface area contributed by atoms with Crippen LogP contribution in [0.2, 0.25) is 0 Å². The van der Waals surface area contributed by atoms with E-state index in [2.05, 4.69) is 0 Å². The maximum absolute atomic E-state index is 14.7. The number of nitrogens with zero attached hydrogens (tertiary/aromatic N) is 4. The monoisotopic (exact) mass is 1140 g/mol. The van der Waals surface area contributed by atoms with Crippen molar-refractivity contribution < 1.29 is 52.7 Å². The lowest BCUT2D eigenvalue weighted by Gasteiger charge is -2.18. The molecule has 16 heteroatoms. The summed E-state index contributed by atoms with van der Waals surface area (Å²) < 4.78 is 174. The first-order valence-corrected chi connectivity index (χ1v) is 26.1. The van der Waals surface area contributed by atoms with E-state index in [1.807, 2.05) is 155 Å². The van der Waals surface area contributed by atoms with Crippen molar-refractivity contribution in [2.24, 2.45) is 0 Å². The molecule has 0 radical (unpaired) electrons. The number of aromatic nitrogens is 4. The molecule has 0 fully saturated rings. The van der Waals surface area contributed by atoms with Crippen molar-refractivity contribution in [1.29, 1.82) is 0 Å². The summed E-state index contributed by atoms with van der Waals surface area (Å²) in [5.41, 5.74) is 2.01. The summed E-state index contributed by atoms with van der Waals surface area (Å²) in [6.45, 7) is 0. The molecule has 414 valence electrons. The van der Waals surface area contributed by atoms with E-state index in [1.165, 1.54) is 12.1 Å². The summed E-state index contributed by atoms with van der Waals surface area (Å²) >= 11 is 0. The van der Waals surface area contributed by atoms with Gasteiger partial charge in [0.15, 0.2) is 5.82 Å². The van der Waals surface area contributed by atoms with Crippen molar-refractivity contribution in [1.82, 2.24) is 19.1 Å². The molecule has 0 N–H and O–H groups in total. The molecule has 0 saturated carbocycles. The van der Waals surface area contributed by atoms with E-state index < -0.39 is 58.1 Å². The molecule has 0 spiro atoms. The molecule has 0 atom stereocenters. The van der Waals surface area contributed by atoms with Gasteiger partial charge in [0, 0.05) is 49.5 Å². The Bertz CT molecular complexity index is 4670. The van der Waals surface area contributed by atoms with Gasteiger partial charge < -0.3 is 9.13 Å². The fourth-order valence-electron chi connectivity index (χ4n) is 11.2. The Morgan fingerprint density at radius 3 is 1.20 bits per heavy atom. The van der Waals surface area contributed by atoms with Gasteiger partial charge in [-0.2, -0.15) is 52.7 Å². The van der Waals surface area contributed by atoms with Crippen LogP contribution in [0.25, 0.3) is 122 Å². The lowest BCUT2D eigenvalue weighted by Crippen LogP contribution is -2.12. The standard InChI is InChI=1S/C68H38F12N4/c69-65(70,71)45-25-27-48(55(36-45)67(75,76)77)42-22-29-62-53(33-42)50-18-7-9-20-59(50)83(62)47-17-11-16-41(32-47)52-35-44(64-81-57(39-12-3-1-4-13-39)38-58(82-64)40-14-5-2-6-15-40)24-31-61(52)84-60-21-10-8-19-51(60)54-34-43(23-30-63(54)84)49-28-26-46(66(72,73)74)37-56(49)68(78,79)80/h1-38H. The van der Waals surface area contributed by atoms with Gasteiger partial charge in [0.2, 0.25) is 0 Å². The average Bonchev–Trinajstić information content (AvgIpc) is 2.58. The lowest BCUT2D eigenvalue weighted by molar-refractivity contribution is -0.144. The average molecular weight is 1140 g/mol. The maximum Gasteiger partial charge on any atom is 0.417 e. The predicted octanol–water partition coefficient (Wildman–Crippen LogP) is 20.7. The molecule has 13 rings (SSSR count). The molecule has 0 unspecified atom stereocenters. The summed E-state index contributed by atoms with van der Waals surface area (Å²) in [5.74, 6) is 0.378. The molecule has 3 heterocycles. The zero-order valence-electron chi connectivity index (χ0n) is 43.3. The van der Waals surface area contributed by atoms with Crippen LogP contribution in [-0.4, -0.2) is 19.1 Å². The molecule has 13 aromatic rings. The second-order valence-corrected chi connectivity index (χ2v) is 20.2. The summed E-state index contributed by atoms with van der Waals surface area (Å²) in [6, 6.07) is 61.3. The van der Waals surface area contributed by atoms with Crippen molar-refractivity contribution in [2.75, 3.05) is 0 Å². The van der Waals surface area contributed by atoms with Crippen LogP contribution in [0.15, 0.2) is 231 Å². The highest BCUT2D eigenvalue weighted by Crippen LogP contribution is 2.47. The van der Waals surface area contributed by atoms with Crippen LogP contribution in [0.1, 0.15) is 22.3 Å². The van der Waals surface area contributed by atoms with E-state index in [4.69, 9.17) is 9.97 Å². The van der Waals surface area contributed by atoms with E-state index >= 15 is 0 Å². The molecule has 10 aromatic carbocycles. The van der Waals surface area contributed by atoms with Crippen molar-refractivity contribution in [3.05, 3.63) is 253 Å². The van der Waals surface area contributed by atoms with Gasteiger partial charge in [0.25, 0.3) is 0 Å². The van der Waals surface area contributed by atoms with Crippen molar-refractivity contribution >= 4 is 43.6 Å². The van der Waals surface area contributed by atoms with E-state index in [0.29, 0.717) is 101 Å². The molecule has 0 saturated heterocycles. The number of hydrogen-bond acceptors (Lipinski definition) is 2. The third kappa shape index (κ3) is 9.56. The number of fused-ring (bicyclic) bond motifs is 6. The van der Waals surface area contributed by atoms with Gasteiger partial charge in [-0.05, 0) is 125 Å². The highest BCUT2D eigenvalue weighted by atomic mass is 19.4. The smallest absolute Gasteiger partial charge is 0.309 e. The van der Waals surface area contributed by atoms with Gasteiger partial charge in [-0.3, -0.25) is 0 Å². The fraction of sp³-hybridized carbons (Fsp3) is 0.0588. The summed E-state index contributed by atoms with van der Waals surface area (Å²) in [5, 5.41) is 2.32. The third-order valence-corrected chi connectivity index (χ3v) is 15.0. The Morgan fingerprint density at radius 1 is 0.274 bits per heavy atom. The van der Waals surface area contributed by atoms with E-state index in [0.717, 1.165) is 23.3 Å². The second-order valence-electron chi connectivity index (χ2n) is 20.2. The first-order chi connectivity index (χ1) is 40.2. The Balaban J connectivity index is 1.03. The van der Waals surface area contributed by atoms with E-state index in [9.17, 15) is 52.7 Å². The van der Waals surface area contributed by atoms with Crippen LogP contribution in [0, 0.1) is 0 Å². The zero-order valence-corrected chi connectivity index (χ0v) is 43.3. The molecule has 0 aliphatic carbocycles. The Kier molecular flexibility index (Phi) is 12.6. The largest absolute Gasteiger partial charge is 0.417 e. The maximum atomic E-state index is 14.7. The highest BCUT2D eigenvalue weighted by molar-refractivity contribution is 6.12.